The summed E-state index contributed by atoms with van der Waals surface area (Å²) in [5.41, 5.74) is 0.861. The van der Waals surface area contributed by atoms with Gasteiger partial charge in [-0.3, -0.25) is 9.69 Å². The third-order valence-electron chi connectivity index (χ3n) is 6.89. The second kappa shape index (κ2) is 7.70. The highest BCUT2D eigenvalue weighted by molar-refractivity contribution is 5.84. The molecule has 0 N–H and O–H groups in total. The Morgan fingerprint density at radius 2 is 1.89 bits per heavy atom. The number of piperidine rings is 1. The Morgan fingerprint density at radius 1 is 1.07 bits per heavy atom. The maximum atomic E-state index is 13.5. The Bertz CT molecular complexity index is 686. The SMILES string of the molecule is COc1cccc(CN2CCC[C@]3(CCN(C4CCCC4)C3)C2=O)c1OC. The number of para-hydroxylation sites is 1. The summed E-state index contributed by atoms with van der Waals surface area (Å²) in [6.07, 6.45) is 8.49. The lowest BCUT2D eigenvalue weighted by atomic mass is 9.78. The van der Waals surface area contributed by atoms with Gasteiger partial charge >= 0.3 is 0 Å². The number of likely N-dealkylation sites (tertiary alicyclic amines) is 2. The quantitative estimate of drug-likeness (QED) is 0.794. The van der Waals surface area contributed by atoms with E-state index >= 15 is 0 Å². The Hall–Kier alpha value is -1.75. The molecule has 2 saturated heterocycles. The van der Waals surface area contributed by atoms with E-state index in [1.165, 1.54) is 25.7 Å². The molecule has 0 unspecified atom stereocenters. The van der Waals surface area contributed by atoms with Gasteiger partial charge in [0.1, 0.15) is 0 Å². The highest BCUT2D eigenvalue weighted by Gasteiger charge is 2.49. The molecule has 3 fully saturated rings. The molecule has 3 aliphatic rings. The van der Waals surface area contributed by atoms with Crippen LogP contribution in [0.25, 0.3) is 0 Å². The first kappa shape index (κ1) is 18.6. The van der Waals surface area contributed by atoms with Crippen LogP contribution in [0.5, 0.6) is 11.5 Å². The van der Waals surface area contributed by atoms with Crippen molar-refractivity contribution in [3.8, 4) is 11.5 Å². The summed E-state index contributed by atoms with van der Waals surface area (Å²) < 4.78 is 11.0. The van der Waals surface area contributed by atoms with Gasteiger partial charge in [0.05, 0.1) is 19.6 Å². The van der Waals surface area contributed by atoms with Crippen LogP contribution in [0.2, 0.25) is 0 Å². The molecule has 1 atom stereocenters. The average molecular weight is 373 g/mol. The summed E-state index contributed by atoms with van der Waals surface area (Å²) in [5, 5.41) is 0. The smallest absolute Gasteiger partial charge is 0.230 e. The fourth-order valence-electron chi connectivity index (χ4n) is 5.45. The summed E-state index contributed by atoms with van der Waals surface area (Å²) in [4.78, 5) is 18.2. The van der Waals surface area contributed by atoms with Gasteiger partial charge in [-0.05, 0) is 44.7 Å². The van der Waals surface area contributed by atoms with Crippen LogP contribution in [0, 0.1) is 5.41 Å². The van der Waals surface area contributed by atoms with Gasteiger partial charge in [0.2, 0.25) is 5.91 Å². The predicted octanol–water partition coefficient (Wildman–Crippen LogP) is 3.46. The second-order valence-electron chi connectivity index (χ2n) is 8.42. The van der Waals surface area contributed by atoms with Crippen LogP contribution in [0.4, 0.5) is 0 Å². The standard InChI is InChI=1S/C22H32N2O3/c1-26-19-10-5-7-17(20(19)27-2)15-23-13-6-11-22(21(23)25)12-14-24(16-22)18-8-3-4-9-18/h5,7,10,18H,3-4,6,8-9,11-16H2,1-2H3/t22-/m1/s1. The minimum absolute atomic E-state index is 0.160. The summed E-state index contributed by atoms with van der Waals surface area (Å²) in [7, 11) is 3.32. The van der Waals surface area contributed by atoms with Crippen molar-refractivity contribution in [1.29, 1.82) is 0 Å². The van der Waals surface area contributed by atoms with E-state index in [1.807, 2.05) is 18.2 Å². The van der Waals surface area contributed by atoms with Crippen molar-refractivity contribution in [1.82, 2.24) is 9.80 Å². The summed E-state index contributed by atoms with van der Waals surface area (Å²) in [6, 6.07) is 6.62. The lowest BCUT2D eigenvalue weighted by Crippen LogP contribution is -2.50. The lowest BCUT2D eigenvalue weighted by molar-refractivity contribution is -0.146. The van der Waals surface area contributed by atoms with Crippen LogP contribution in [-0.2, 0) is 11.3 Å². The van der Waals surface area contributed by atoms with Gasteiger partial charge in [-0.1, -0.05) is 25.0 Å². The van der Waals surface area contributed by atoms with Crippen molar-refractivity contribution in [2.45, 2.75) is 57.5 Å². The number of carbonyl (C=O) groups excluding carboxylic acids is 1. The predicted molar refractivity (Wildman–Crippen MR) is 105 cm³/mol. The number of amides is 1. The van der Waals surface area contributed by atoms with Crippen LogP contribution in [0.15, 0.2) is 18.2 Å². The summed E-state index contributed by atoms with van der Waals surface area (Å²) in [5.74, 6) is 1.81. The molecule has 5 nitrogen and oxygen atoms in total. The van der Waals surface area contributed by atoms with Gasteiger partial charge < -0.3 is 14.4 Å². The van der Waals surface area contributed by atoms with E-state index in [-0.39, 0.29) is 5.41 Å². The largest absolute Gasteiger partial charge is 0.493 e. The number of hydrogen-bond acceptors (Lipinski definition) is 4. The molecular weight excluding hydrogens is 340 g/mol. The summed E-state index contributed by atoms with van der Waals surface area (Å²) >= 11 is 0. The first-order chi connectivity index (χ1) is 13.2. The topological polar surface area (TPSA) is 42.0 Å². The van der Waals surface area contributed by atoms with Gasteiger partial charge in [0.15, 0.2) is 11.5 Å². The minimum Gasteiger partial charge on any atom is -0.493 e. The molecule has 0 aromatic heterocycles. The molecule has 0 bridgehead atoms. The Kier molecular flexibility index (Phi) is 5.31. The van der Waals surface area contributed by atoms with Crippen LogP contribution >= 0.6 is 0 Å². The van der Waals surface area contributed by atoms with E-state index in [2.05, 4.69) is 9.80 Å². The Morgan fingerprint density at radius 3 is 2.63 bits per heavy atom. The molecular formula is C22H32N2O3. The Labute approximate surface area is 162 Å². The van der Waals surface area contributed by atoms with E-state index in [9.17, 15) is 4.79 Å². The number of ether oxygens (including phenoxy) is 2. The van der Waals surface area contributed by atoms with Gasteiger partial charge in [-0.2, -0.15) is 0 Å². The van der Waals surface area contributed by atoms with E-state index in [0.717, 1.165) is 56.0 Å². The van der Waals surface area contributed by atoms with E-state index in [0.29, 0.717) is 18.5 Å². The second-order valence-corrected chi connectivity index (χ2v) is 8.42. The van der Waals surface area contributed by atoms with Crippen LogP contribution in [0.3, 0.4) is 0 Å². The fraction of sp³-hybridized carbons (Fsp3) is 0.682. The van der Waals surface area contributed by atoms with Gasteiger partial charge in [-0.25, -0.2) is 0 Å². The molecule has 1 amide bonds. The zero-order valence-electron chi connectivity index (χ0n) is 16.7. The van der Waals surface area contributed by atoms with E-state index in [4.69, 9.17) is 9.47 Å². The molecule has 1 aromatic rings. The molecule has 27 heavy (non-hydrogen) atoms. The number of rotatable bonds is 5. The monoisotopic (exact) mass is 372 g/mol. The molecule has 1 saturated carbocycles. The van der Waals surface area contributed by atoms with Crippen molar-refractivity contribution < 1.29 is 14.3 Å². The molecule has 1 spiro atoms. The first-order valence-electron chi connectivity index (χ1n) is 10.4. The maximum Gasteiger partial charge on any atom is 0.230 e. The van der Waals surface area contributed by atoms with Crippen molar-refractivity contribution in [3.05, 3.63) is 23.8 Å². The lowest BCUT2D eigenvalue weighted by Gasteiger charge is -2.40. The van der Waals surface area contributed by atoms with Gasteiger partial charge in [-0.15, -0.1) is 0 Å². The van der Waals surface area contributed by atoms with Crippen molar-refractivity contribution in [2.75, 3.05) is 33.9 Å². The highest BCUT2D eigenvalue weighted by atomic mass is 16.5. The highest BCUT2D eigenvalue weighted by Crippen LogP contribution is 2.43. The number of nitrogens with zero attached hydrogens (tertiary/aromatic N) is 2. The third-order valence-corrected chi connectivity index (χ3v) is 6.89. The number of methoxy groups -OCH3 is 2. The zero-order chi connectivity index (χ0) is 18.9. The fourth-order valence-corrected chi connectivity index (χ4v) is 5.45. The first-order valence-corrected chi connectivity index (χ1v) is 10.4. The molecule has 2 aliphatic heterocycles. The average Bonchev–Trinajstić information content (AvgIpc) is 3.36. The van der Waals surface area contributed by atoms with Crippen LogP contribution in [-0.4, -0.2) is 55.6 Å². The molecule has 148 valence electrons. The summed E-state index contributed by atoms with van der Waals surface area (Å²) in [6.45, 7) is 3.49. The number of carbonyl (C=O) groups is 1. The zero-order valence-corrected chi connectivity index (χ0v) is 16.7. The molecule has 0 radical (unpaired) electrons. The van der Waals surface area contributed by atoms with Crippen LogP contribution < -0.4 is 9.47 Å². The minimum atomic E-state index is -0.160. The molecule has 1 aromatic carbocycles. The van der Waals surface area contributed by atoms with E-state index < -0.39 is 0 Å². The number of benzene rings is 1. The number of hydrogen-bond donors (Lipinski definition) is 0. The third kappa shape index (κ3) is 3.42. The molecule has 2 heterocycles. The van der Waals surface area contributed by atoms with Gasteiger partial charge in [0, 0.05) is 31.2 Å². The van der Waals surface area contributed by atoms with Crippen LogP contribution in [0.1, 0.15) is 50.5 Å². The molecule has 1 aliphatic carbocycles. The van der Waals surface area contributed by atoms with E-state index in [1.54, 1.807) is 14.2 Å². The van der Waals surface area contributed by atoms with Crippen molar-refractivity contribution in [3.63, 3.8) is 0 Å². The van der Waals surface area contributed by atoms with Crippen molar-refractivity contribution >= 4 is 5.91 Å². The van der Waals surface area contributed by atoms with Gasteiger partial charge in [0.25, 0.3) is 0 Å². The molecule has 4 rings (SSSR count). The Balaban J connectivity index is 1.50. The van der Waals surface area contributed by atoms with Crippen molar-refractivity contribution in [2.24, 2.45) is 5.41 Å². The maximum absolute atomic E-state index is 13.5. The normalized spacial score (nSPS) is 26.9. The molecule has 5 heteroatoms.